The Labute approximate surface area is 218 Å². The van der Waals surface area contributed by atoms with Crippen molar-refractivity contribution in [3.8, 4) is 5.88 Å². The van der Waals surface area contributed by atoms with Crippen LogP contribution in [0.3, 0.4) is 0 Å². The van der Waals surface area contributed by atoms with Gasteiger partial charge in [0.25, 0.3) is 5.91 Å². The lowest BCUT2D eigenvalue weighted by molar-refractivity contribution is 0.0589. The van der Waals surface area contributed by atoms with Crippen molar-refractivity contribution in [3.63, 3.8) is 0 Å². The van der Waals surface area contributed by atoms with Crippen LogP contribution in [0.4, 0.5) is 16.2 Å². The topological polar surface area (TPSA) is 137 Å². The molecule has 0 aliphatic rings. The summed E-state index contributed by atoms with van der Waals surface area (Å²) in [6.07, 6.45) is 2.42. The van der Waals surface area contributed by atoms with Crippen LogP contribution in [-0.2, 0) is 4.74 Å². The third-order valence-electron chi connectivity index (χ3n) is 5.28. The molecule has 37 heavy (non-hydrogen) atoms. The first-order valence-electron chi connectivity index (χ1n) is 11.5. The largest absolute Gasteiger partial charge is 0.475 e. The van der Waals surface area contributed by atoms with Gasteiger partial charge in [-0.25, -0.2) is 19.3 Å². The fourth-order valence-corrected chi connectivity index (χ4v) is 3.75. The molecule has 2 amide bonds. The predicted octanol–water partition coefficient (Wildman–Crippen LogP) is 4.08. The van der Waals surface area contributed by atoms with Crippen LogP contribution in [0, 0.1) is 0 Å². The highest BCUT2D eigenvalue weighted by Crippen LogP contribution is 2.26. The minimum Gasteiger partial charge on any atom is -0.475 e. The van der Waals surface area contributed by atoms with Crippen LogP contribution in [-0.4, -0.2) is 56.9 Å². The van der Waals surface area contributed by atoms with Crippen molar-refractivity contribution in [2.24, 2.45) is 0 Å². The molecule has 0 saturated heterocycles. The molecule has 1 atom stereocenters. The van der Waals surface area contributed by atoms with Gasteiger partial charge in [0.05, 0.1) is 17.9 Å². The standard InChI is InChI=1S/C25H28ClN7O4/c1-14(13-36-23-17-10-16(27)7-6-15(17)8-9-28-23)30-22(34)19-12-29-21-18(11-20(26)31-33(19)21)32(5)24(35)37-25(2,3)4/h6-12,14H,13,27H2,1-5H3,(H,30,34)/t14-/m1/s1. The lowest BCUT2D eigenvalue weighted by atomic mass is 10.1. The van der Waals surface area contributed by atoms with Gasteiger partial charge in [0.15, 0.2) is 16.5 Å². The van der Waals surface area contributed by atoms with Crippen molar-refractivity contribution < 1.29 is 19.1 Å². The molecule has 11 nitrogen and oxygen atoms in total. The number of benzene rings is 1. The molecule has 3 N–H and O–H groups in total. The van der Waals surface area contributed by atoms with E-state index in [1.54, 1.807) is 40.0 Å². The molecule has 0 radical (unpaired) electrons. The summed E-state index contributed by atoms with van der Waals surface area (Å²) in [5.41, 5.74) is 6.56. The second-order valence-electron chi connectivity index (χ2n) is 9.55. The van der Waals surface area contributed by atoms with Crippen molar-refractivity contribution in [3.05, 3.63) is 53.6 Å². The zero-order valence-corrected chi connectivity index (χ0v) is 21.9. The molecule has 1 aromatic carbocycles. The van der Waals surface area contributed by atoms with E-state index in [4.69, 9.17) is 26.8 Å². The summed E-state index contributed by atoms with van der Waals surface area (Å²) in [6, 6.07) is 8.45. The van der Waals surface area contributed by atoms with Gasteiger partial charge in [0.2, 0.25) is 5.88 Å². The Bertz CT molecular complexity index is 1480. The SMILES string of the molecule is C[C@H](COc1nccc2ccc(N)cc12)NC(=O)c1cnc2c(N(C)C(=O)OC(C)(C)C)cc(Cl)nn12. The van der Waals surface area contributed by atoms with Gasteiger partial charge >= 0.3 is 6.09 Å². The molecular formula is C25H28ClN7O4. The van der Waals surface area contributed by atoms with Crippen LogP contribution in [0.15, 0.2) is 42.7 Å². The average Bonchev–Trinajstić information content (AvgIpc) is 3.24. The van der Waals surface area contributed by atoms with Crippen molar-refractivity contribution in [1.29, 1.82) is 0 Å². The number of aromatic nitrogens is 4. The summed E-state index contributed by atoms with van der Waals surface area (Å²) < 4.78 is 12.6. The molecule has 0 bridgehead atoms. The van der Waals surface area contributed by atoms with Gasteiger partial charge in [-0.3, -0.25) is 9.69 Å². The van der Waals surface area contributed by atoms with Crippen LogP contribution in [0.2, 0.25) is 5.15 Å². The summed E-state index contributed by atoms with van der Waals surface area (Å²) in [5, 5.41) is 8.86. The van der Waals surface area contributed by atoms with Crippen molar-refractivity contribution in [2.45, 2.75) is 39.3 Å². The second-order valence-corrected chi connectivity index (χ2v) is 9.94. The van der Waals surface area contributed by atoms with E-state index in [-0.39, 0.29) is 29.1 Å². The lowest BCUT2D eigenvalue weighted by Gasteiger charge is -2.24. The number of halogens is 1. The van der Waals surface area contributed by atoms with E-state index in [0.717, 1.165) is 10.8 Å². The lowest BCUT2D eigenvalue weighted by Crippen LogP contribution is -2.37. The number of rotatable bonds is 6. The molecule has 194 valence electrons. The van der Waals surface area contributed by atoms with Gasteiger partial charge in [-0.1, -0.05) is 17.7 Å². The second kappa shape index (κ2) is 10.1. The maximum absolute atomic E-state index is 13.1. The molecule has 0 aliphatic heterocycles. The molecule has 0 spiro atoms. The van der Waals surface area contributed by atoms with Gasteiger partial charge in [0.1, 0.15) is 12.2 Å². The Morgan fingerprint density at radius 3 is 2.70 bits per heavy atom. The maximum atomic E-state index is 13.1. The Kier molecular flexibility index (Phi) is 7.08. The van der Waals surface area contributed by atoms with Gasteiger partial charge in [0, 0.05) is 30.4 Å². The normalized spacial score (nSPS) is 12.4. The first-order chi connectivity index (χ1) is 17.4. The third-order valence-corrected chi connectivity index (χ3v) is 5.47. The minimum absolute atomic E-state index is 0.0719. The Morgan fingerprint density at radius 2 is 1.97 bits per heavy atom. The monoisotopic (exact) mass is 525 g/mol. The van der Waals surface area contributed by atoms with E-state index in [0.29, 0.717) is 17.3 Å². The van der Waals surface area contributed by atoms with Crippen LogP contribution in [0.5, 0.6) is 5.88 Å². The highest BCUT2D eigenvalue weighted by molar-refractivity contribution is 6.29. The summed E-state index contributed by atoms with van der Waals surface area (Å²) in [7, 11) is 1.53. The predicted molar refractivity (Wildman–Crippen MR) is 141 cm³/mol. The van der Waals surface area contributed by atoms with Gasteiger partial charge < -0.3 is 20.5 Å². The van der Waals surface area contributed by atoms with Crippen LogP contribution in [0.1, 0.15) is 38.2 Å². The van der Waals surface area contributed by atoms with Gasteiger partial charge in [-0.05, 0) is 51.3 Å². The molecule has 4 aromatic rings. The Morgan fingerprint density at radius 1 is 1.22 bits per heavy atom. The number of hydrogen-bond donors (Lipinski definition) is 2. The molecular weight excluding hydrogens is 498 g/mol. The number of imidazole rings is 1. The van der Waals surface area contributed by atoms with Crippen molar-refractivity contribution in [1.82, 2.24) is 24.9 Å². The molecule has 0 saturated carbocycles. The number of nitrogens with one attached hydrogen (secondary N) is 1. The minimum atomic E-state index is -0.689. The van der Waals surface area contributed by atoms with Crippen LogP contribution >= 0.6 is 11.6 Å². The first-order valence-corrected chi connectivity index (χ1v) is 11.9. The summed E-state index contributed by atoms with van der Waals surface area (Å²) in [6.45, 7) is 7.25. The third kappa shape index (κ3) is 5.83. The molecule has 0 aliphatic carbocycles. The number of nitrogens with two attached hydrogens (primary N) is 1. The molecule has 12 heteroatoms. The van der Waals surface area contributed by atoms with E-state index in [1.165, 1.54) is 28.7 Å². The zero-order chi connectivity index (χ0) is 26.9. The summed E-state index contributed by atoms with van der Waals surface area (Å²) in [5.74, 6) is -0.0247. The maximum Gasteiger partial charge on any atom is 0.414 e. The van der Waals surface area contributed by atoms with E-state index >= 15 is 0 Å². The number of carbonyl (C=O) groups excluding carboxylic acids is 2. The van der Waals surface area contributed by atoms with Gasteiger partial charge in [-0.2, -0.15) is 5.10 Å². The molecule has 0 fully saturated rings. The van der Waals surface area contributed by atoms with Crippen LogP contribution in [0.25, 0.3) is 16.4 Å². The highest BCUT2D eigenvalue weighted by atomic mass is 35.5. The molecule has 3 aromatic heterocycles. The number of carbonyl (C=O) groups is 2. The fourth-order valence-electron chi connectivity index (χ4n) is 3.57. The Hall–Kier alpha value is -4.12. The number of anilines is 2. The Balaban J connectivity index is 1.50. The van der Waals surface area contributed by atoms with Crippen molar-refractivity contribution >= 4 is 51.4 Å². The number of fused-ring (bicyclic) bond motifs is 2. The molecule has 0 unspecified atom stereocenters. The number of hydrogen-bond acceptors (Lipinski definition) is 8. The summed E-state index contributed by atoms with van der Waals surface area (Å²) >= 11 is 6.22. The van der Waals surface area contributed by atoms with Gasteiger partial charge in [-0.15, -0.1) is 0 Å². The molecule has 3 heterocycles. The quantitative estimate of drug-likeness (QED) is 0.359. The van der Waals surface area contributed by atoms with E-state index < -0.39 is 17.6 Å². The number of nitrogen functional groups attached to an aromatic ring is 1. The number of nitrogens with zero attached hydrogens (tertiary/aromatic N) is 5. The fraction of sp³-hybridized carbons (Fsp3) is 0.320. The summed E-state index contributed by atoms with van der Waals surface area (Å²) in [4.78, 5) is 35.5. The zero-order valence-electron chi connectivity index (χ0n) is 21.2. The van der Waals surface area contributed by atoms with E-state index in [9.17, 15) is 9.59 Å². The number of amides is 2. The van der Waals surface area contributed by atoms with E-state index in [1.807, 2.05) is 18.2 Å². The van der Waals surface area contributed by atoms with Crippen molar-refractivity contribution in [2.75, 3.05) is 24.3 Å². The van der Waals surface area contributed by atoms with Crippen LogP contribution < -0.4 is 20.7 Å². The average molecular weight is 526 g/mol. The molecule has 4 rings (SSSR count). The highest BCUT2D eigenvalue weighted by Gasteiger charge is 2.25. The number of pyridine rings is 1. The smallest absolute Gasteiger partial charge is 0.414 e. The number of ether oxygens (including phenoxy) is 2. The van der Waals surface area contributed by atoms with E-state index in [2.05, 4.69) is 20.4 Å². The first kappa shape index (κ1) is 26.0.